The van der Waals surface area contributed by atoms with E-state index in [9.17, 15) is 0 Å². The van der Waals surface area contributed by atoms with Crippen molar-refractivity contribution in [2.24, 2.45) is 0 Å². The molecule has 0 aromatic rings. The van der Waals surface area contributed by atoms with Crippen LogP contribution in [0, 0.1) is 0 Å². The lowest BCUT2D eigenvalue weighted by Gasteiger charge is -2.15. The summed E-state index contributed by atoms with van der Waals surface area (Å²) in [4.78, 5) is 0. The first kappa shape index (κ1) is 15.2. The van der Waals surface area contributed by atoms with Crippen molar-refractivity contribution in [2.45, 2.75) is 58.5 Å². The Bertz CT molecular complexity index is 120. The highest BCUT2D eigenvalue weighted by atomic mass is 35.5. The first-order valence-corrected chi connectivity index (χ1v) is 6.63. The van der Waals surface area contributed by atoms with Gasteiger partial charge >= 0.3 is 0 Å². The summed E-state index contributed by atoms with van der Waals surface area (Å²) < 4.78 is 10.8. The highest BCUT2D eigenvalue weighted by molar-refractivity contribution is 6.17. The summed E-state index contributed by atoms with van der Waals surface area (Å²) in [5.41, 5.74) is 0. The zero-order chi connectivity index (χ0) is 11.4. The van der Waals surface area contributed by atoms with E-state index in [0.29, 0.717) is 12.9 Å². The quantitative estimate of drug-likeness (QED) is 0.307. The monoisotopic (exact) mass is 236 g/mol. The van der Waals surface area contributed by atoms with Crippen molar-refractivity contribution in [3.63, 3.8) is 0 Å². The number of rotatable bonds is 11. The average Bonchev–Trinajstić information content (AvgIpc) is 2.26. The molecule has 0 amide bonds. The Hall–Kier alpha value is 0.210. The molecule has 15 heavy (non-hydrogen) atoms. The SMILES string of the molecule is CCOCOC(CC)CCCCCCCl. The molecule has 1 unspecified atom stereocenters. The molecule has 0 fully saturated rings. The van der Waals surface area contributed by atoms with Gasteiger partial charge in [0.25, 0.3) is 0 Å². The van der Waals surface area contributed by atoms with E-state index in [-0.39, 0.29) is 0 Å². The number of hydrogen-bond donors (Lipinski definition) is 0. The summed E-state index contributed by atoms with van der Waals surface area (Å²) in [6, 6.07) is 0. The fourth-order valence-electron chi connectivity index (χ4n) is 1.45. The predicted molar refractivity (Wildman–Crippen MR) is 65.5 cm³/mol. The van der Waals surface area contributed by atoms with Gasteiger partial charge in [-0.15, -0.1) is 11.6 Å². The van der Waals surface area contributed by atoms with E-state index in [4.69, 9.17) is 21.1 Å². The summed E-state index contributed by atoms with van der Waals surface area (Å²) in [6.07, 6.45) is 7.47. The smallest absolute Gasteiger partial charge is 0.147 e. The minimum absolute atomic E-state index is 0.368. The highest BCUT2D eigenvalue weighted by Gasteiger charge is 2.05. The van der Waals surface area contributed by atoms with Crippen LogP contribution in [-0.2, 0) is 9.47 Å². The summed E-state index contributed by atoms with van der Waals surface area (Å²) >= 11 is 5.61. The molecule has 0 saturated carbocycles. The van der Waals surface area contributed by atoms with E-state index in [1.165, 1.54) is 19.3 Å². The lowest BCUT2D eigenvalue weighted by atomic mass is 10.1. The summed E-state index contributed by atoms with van der Waals surface area (Å²) in [7, 11) is 0. The fraction of sp³-hybridized carbons (Fsp3) is 1.00. The maximum atomic E-state index is 5.61. The highest BCUT2D eigenvalue weighted by Crippen LogP contribution is 2.11. The Balaban J connectivity index is 3.28. The minimum Gasteiger partial charge on any atom is -0.356 e. The number of unbranched alkanes of at least 4 members (excludes halogenated alkanes) is 3. The lowest BCUT2D eigenvalue weighted by molar-refractivity contribution is -0.0894. The molecule has 0 radical (unpaired) electrons. The molecule has 0 aliphatic heterocycles. The van der Waals surface area contributed by atoms with Crippen molar-refractivity contribution in [2.75, 3.05) is 19.3 Å². The second-order valence-corrected chi connectivity index (χ2v) is 4.08. The van der Waals surface area contributed by atoms with Crippen molar-refractivity contribution in [3.05, 3.63) is 0 Å². The minimum atomic E-state index is 0.368. The fourth-order valence-corrected chi connectivity index (χ4v) is 1.64. The van der Waals surface area contributed by atoms with Crippen LogP contribution in [0.2, 0.25) is 0 Å². The largest absolute Gasteiger partial charge is 0.356 e. The molecule has 0 saturated heterocycles. The van der Waals surface area contributed by atoms with Gasteiger partial charge in [-0.3, -0.25) is 0 Å². The van der Waals surface area contributed by atoms with Crippen LogP contribution in [0.15, 0.2) is 0 Å². The zero-order valence-electron chi connectivity index (χ0n) is 10.1. The summed E-state index contributed by atoms with van der Waals surface area (Å²) in [5.74, 6) is 0.790. The van der Waals surface area contributed by atoms with Crippen molar-refractivity contribution in [3.8, 4) is 0 Å². The molecule has 0 bridgehead atoms. The lowest BCUT2D eigenvalue weighted by Crippen LogP contribution is -2.14. The van der Waals surface area contributed by atoms with Crippen LogP contribution in [0.25, 0.3) is 0 Å². The second kappa shape index (κ2) is 12.3. The zero-order valence-corrected chi connectivity index (χ0v) is 10.9. The van der Waals surface area contributed by atoms with Crippen LogP contribution >= 0.6 is 11.6 Å². The van der Waals surface area contributed by atoms with Crippen LogP contribution in [0.4, 0.5) is 0 Å². The first-order chi connectivity index (χ1) is 7.35. The van der Waals surface area contributed by atoms with Crippen LogP contribution < -0.4 is 0 Å². The summed E-state index contributed by atoms with van der Waals surface area (Å²) in [6.45, 7) is 5.31. The molecule has 92 valence electrons. The standard InChI is InChI=1S/C12H25ClO2/c1-3-12(15-11-14-4-2)9-7-5-6-8-10-13/h12H,3-11H2,1-2H3. The molecule has 0 heterocycles. The molecule has 1 atom stereocenters. The van der Waals surface area contributed by atoms with Gasteiger partial charge in [0.15, 0.2) is 0 Å². The number of halogens is 1. The Morgan fingerprint density at radius 3 is 2.40 bits per heavy atom. The van der Waals surface area contributed by atoms with Gasteiger partial charge < -0.3 is 9.47 Å². The number of hydrogen-bond acceptors (Lipinski definition) is 2. The van der Waals surface area contributed by atoms with Crippen molar-refractivity contribution in [1.82, 2.24) is 0 Å². The van der Waals surface area contributed by atoms with Gasteiger partial charge in [-0.2, -0.15) is 0 Å². The van der Waals surface area contributed by atoms with Crippen molar-refractivity contribution in [1.29, 1.82) is 0 Å². The van der Waals surface area contributed by atoms with Crippen LogP contribution in [0.1, 0.15) is 52.4 Å². The van der Waals surface area contributed by atoms with Gasteiger partial charge in [0, 0.05) is 12.5 Å². The van der Waals surface area contributed by atoms with E-state index in [2.05, 4.69) is 6.92 Å². The molecule has 0 rings (SSSR count). The molecule has 0 aliphatic rings. The van der Waals surface area contributed by atoms with Gasteiger partial charge in [0.05, 0.1) is 6.10 Å². The predicted octanol–water partition coefficient (Wildman–Crippen LogP) is 3.96. The second-order valence-electron chi connectivity index (χ2n) is 3.70. The Kier molecular flexibility index (Phi) is 12.5. The van der Waals surface area contributed by atoms with E-state index in [1.54, 1.807) is 0 Å². The Morgan fingerprint density at radius 2 is 1.80 bits per heavy atom. The molecule has 0 aliphatic carbocycles. The van der Waals surface area contributed by atoms with Gasteiger partial charge in [-0.1, -0.05) is 26.2 Å². The molecule has 3 heteroatoms. The van der Waals surface area contributed by atoms with Crippen LogP contribution in [-0.4, -0.2) is 25.4 Å². The molecular formula is C12H25ClO2. The molecule has 0 N–H and O–H groups in total. The maximum absolute atomic E-state index is 5.61. The molecule has 0 spiro atoms. The van der Waals surface area contributed by atoms with Gasteiger partial charge in [0.1, 0.15) is 6.79 Å². The average molecular weight is 237 g/mol. The van der Waals surface area contributed by atoms with Gasteiger partial charge in [-0.25, -0.2) is 0 Å². The Labute approximate surface area is 99.3 Å². The number of ether oxygens (including phenoxy) is 2. The third-order valence-corrected chi connectivity index (χ3v) is 2.72. The molecular weight excluding hydrogens is 212 g/mol. The van der Waals surface area contributed by atoms with E-state index in [0.717, 1.165) is 31.7 Å². The maximum Gasteiger partial charge on any atom is 0.147 e. The van der Waals surface area contributed by atoms with E-state index >= 15 is 0 Å². The molecule has 2 nitrogen and oxygen atoms in total. The van der Waals surface area contributed by atoms with E-state index < -0.39 is 0 Å². The van der Waals surface area contributed by atoms with Crippen molar-refractivity contribution >= 4 is 11.6 Å². The molecule has 0 aromatic carbocycles. The van der Waals surface area contributed by atoms with Crippen LogP contribution in [0.3, 0.4) is 0 Å². The van der Waals surface area contributed by atoms with Crippen LogP contribution in [0.5, 0.6) is 0 Å². The van der Waals surface area contributed by atoms with E-state index in [1.807, 2.05) is 6.92 Å². The Morgan fingerprint density at radius 1 is 1.07 bits per heavy atom. The topological polar surface area (TPSA) is 18.5 Å². The third-order valence-electron chi connectivity index (χ3n) is 2.46. The third kappa shape index (κ3) is 10.5. The number of alkyl halides is 1. The molecule has 0 aromatic heterocycles. The normalized spacial score (nSPS) is 13.0. The summed E-state index contributed by atoms with van der Waals surface area (Å²) in [5, 5.41) is 0. The first-order valence-electron chi connectivity index (χ1n) is 6.10. The van der Waals surface area contributed by atoms with Gasteiger partial charge in [-0.05, 0) is 26.2 Å². The van der Waals surface area contributed by atoms with Gasteiger partial charge in [0.2, 0.25) is 0 Å². The van der Waals surface area contributed by atoms with Crippen molar-refractivity contribution < 1.29 is 9.47 Å².